The van der Waals surface area contributed by atoms with E-state index in [-0.39, 0.29) is 28.4 Å². The van der Waals surface area contributed by atoms with Crippen LogP contribution in [0.1, 0.15) is 172 Å². The molecular formula is C63H75BN2. The van der Waals surface area contributed by atoms with Gasteiger partial charge in [0.25, 0.3) is 6.71 Å². The van der Waals surface area contributed by atoms with Gasteiger partial charge in [-0.05, 0) is 195 Å². The summed E-state index contributed by atoms with van der Waals surface area (Å²) >= 11 is 0. The third kappa shape index (κ3) is 7.29. The molecule has 2 aliphatic heterocycles. The first-order valence-corrected chi connectivity index (χ1v) is 25.9. The number of hydrogen-bond acceptors (Lipinski definition) is 2. The number of benzene rings is 6. The number of hydrogen-bond donors (Lipinski definition) is 0. The normalized spacial score (nSPS) is 17.6. The SMILES string of the molecule is CCCCc1cc(CCCC)cc(N2c3cc(CCCC)ccc3B3c4cc(C)ccc4N(c4ccccc4)c4cc(-c5c6c(cc7c5C(C)(C)CC7(C)C)C(C)(C)CC6(C)C)cc2c43)c1. The minimum atomic E-state index is 0.00712. The number of aryl methyl sites for hydroxylation is 4. The van der Waals surface area contributed by atoms with E-state index in [1.165, 1.54) is 122 Å². The Kier molecular flexibility index (Phi) is 11.1. The van der Waals surface area contributed by atoms with Crippen molar-refractivity contribution in [3.05, 3.63) is 148 Å². The minimum Gasteiger partial charge on any atom is -0.311 e. The van der Waals surface area contributed by atoms with E-state index in [9.17, 15) is 0 Å². The third-order valence-electron chi connectivity index (χ3n) is 16.3. The van der Waals surface area contributed by atoms with Crippen molar-refractivity contribution in [1.82, 2.24) is 0 Å². The summed E-state index contributed by atoms with van der Waals surface area (Å²) in [5.74, 6) is 0. The van der Waals surface area contributed by atoms with Crippen LogP contribution >= 0.6 is 0 Å². The first kappa shape index (κ1) is 44.8. The zero-order chi connectivity index (χ0) is 46.5. The van der Waals surface area contributed by atoms with Crippen LogP contribution in [-0.4, -0.2) is 6.71 Å². The lowest BCUT2D eigenvalue weighted by atomic mass is 9.33. The molecule has 66 heavy (non-hydrogen) atoms. The Labute approximate surface area is 399 Å². The molecule has 0 aromatic heterocycles. The van der Waals surface area contributed by atoms with E-state index in [1.54, 1.807) is 22.3 Å². The molecule has 2 aliphatic carbocycles. The second-order valence-corrected chi connectivity index (χ2v) is 23.6. The topological polar surface area (TPSA) is 6.48 Å². The van der Waals surface area contributed by atoms with Crippen molar-refractivity contribution in [2.45, 2.75) is 175 Å². The molecule has 4 aliphatic rings. The predicted molar refractivity (Wildman–Crippen MR) is 288 cm³/mol. The average molecular weight is 871 g/mol. The fraction of sp³-hybridized carbons (Fsp3) is 0.429. The molecule has 340 valence electrons. The molecule has 2 heterocycles. The maximum absolute atomic E-state index is 2.76. The standard InChI is InChI=1S/C63H75BN2/c1-13-16-22-42-28-29-50-53(35-42)66(47-33-43(23-17-14-2)32-44(34-47)24-18-15-3)55-37-45(36-54-59(55)64(50)51-31-41(4)27-30-52(51)65(54)46-25-20-19-21-26-46)56-57-48(60(5,6)39-62(57,9)10)38-49-58(56)63(11,12)40-61(49,7)8/h19-21,25-38H,13-18,22-24,39-40H2,1-12H3. The van der Waals surface area contributed by atoms with Crippen molar-refractivity contribution in [3.8, 4) is 11.1 Å². The Morgan fingerprint density at radius 1 is 0.470 bits per heavy atom. The summed E-state index contributed by atoms with van der Waals surface area (Å²) in [7, 11) is 0. The van der Waals surface area contributed by atoms with Crippen molar-refractivity contribution < 1.29 is 0 Å². The van der Waals surface area contributed by atoms with Crippen molar-refractivity contribution in [2.24, 2.45) is 0 Å². The second kappa shape index (κ2) is 16.3. The number of rotatable bonds is 12. The number of anilines is 6. The summed E-state index contributed by atoms with van der Waals surface area (Å²) < 4.78 is 0. The number of fused-ring (bicyclic) bond motifs is 6. The fourth-order valence-corrected chi connectivity index (χ4v) is 13.9. The van der Waals surface area contributed by atoms with E-state index in [0.29, 0.717) is 0 Å². The van der Waals surface area contributed by atoms with Gasteiger partial charge >= 0.3 is 0 Å². The largest absolute Gasteiger partial charge is 0.311 e. The van der Waals surface area contributed by atoms with Crippen LogP contribution in [0.2, 0.25) is 0 Å². The molecule has 10 rings (SSSR count). The monoisotopic (exact) mass is 871 g/mol. The molecule has 0 unspecified atom stereocenters. The summed E-state index contributed by atoms with van der Waals surface area (Å²) in [6, 6.07) is 41.8. The second-order valence-electron chi connectivity index (χ2n) is 23.6. The molecule has 0 spiro atoms. The molecule has 0 radical (unpaired) electrons. The van der Waals surface area contributed by atoms with Crippen LogP contribution in [0.3, 0.4) is 0 Å². The van der Waals surface area contributed by atoms with Gasteiger partial charge in [-0.25, -0.2) is 0 Å². The van der Waals surface area contributed by atoms with Crippen LogP contribution in [-0.2, 0) is 40.9 Å². The van der Waals surface area contributed by atoms with E-state index in [0.717, 1.165) is 32.1 Å². The Morgan fingerprint density at radius 3 is 1.58 bits per heavy atom. The smallest absolute Gasteiger partial charge is 0.252 e. The first-order chi connectivity index (χ1) is 31.5. The highest BCUT2D eigenvalue weighted by molar-refractivity contribution is 7.00. The van der Waals surface area contributed by atoms with Gasteiger partial charge < -0.3 is 9.80 Å². The quantitative estimate of drug-likeness (QED) is 0.113. The Morgan fingerprint density at radius 2 is 1.02 bits per heavy atom. The molecule has 6 aromatic rings. The highest BCUT2D eigenvalue weighted by Gasteiger charge is 2.52. The lowest BCUT2D eigenvalue weighted by molar-refractivity contribution is 0.396. The molecule has 0 fully saturated rings. The van der Waals surface area contributed by atoms with Gasteiger partial charge in [0, 0.05) is 34.1 Å². The lowest BCUT2D eigenvalue weighted by Gasteiger charge is -2.45. The van der Waals surface area contributed by atoms with Gasteiger partial charge in [-0.2, -0.15) is 0 Å². The van der Waals surface area contributed by atoms with Crippen LogP contribution < -0.4 is 26.2 Å². The van der Waals surface area contributed by atoms with Crippen molar-refractivity contribution in [2.75, 3.05) is 9.80 Å². The van der Waals surface area contributed by atoms with Crippen LogP contribution in [0.4, 0.5) is 34.1 Å². The Hall–Kier alpha value is -5.02. The van der Waals surface area contributed by atoms with Crippen LogP contribution in [0.25, 0.3) is 11.1 Å². The van der Waals surface area contributed by atoms with E-state index < -0.39 is 0 Å². The lowest BCUT2D eigenvalue weighted by Crippen LogP contribution is -2.61. The maximum atomic E-state index is 2.76. The summed E-state index contributed by atoms with van der Waals surface area (Å²) in [6.07, 6.45) is 12.7. The fourth-order valence-electron chi connectivity index (χ4n) is 13.9. The van der Waals surface area contributed by atoms with E-state index in [1.807, 2.05) is 0 Å². The summed E-state index contributed by atoms with van der Waals surface area (Å²) in [5.41, 5.74) is 27.0. The molecular weight excluding hydrogens is 796 g/mol. The molecule has 3 heteroatoms. The molecule has 0 bridgehead atoms. The van der Waals surface area contributed by atoms with Crippen LogP contribution in [0, 0.1) is 6.92 Å². The van der Waals surface area contributed by atoms with E-state index >= 15 is 0 Å². The highest BCUT2D eigenvalue weighted by Crippen LogP contribution is 2.61. The van der Waals surface area contributed by atoms with Gasteiger partial charge in [0.2, 0.25) is 0 Å². The van der Waals surface area contributed by atoms with Gasteiger partial charge in [-0.1, -0.05) is 156 Å². The molecule has 0 atom stereocenters. The molecule has 0 saturated heterocycles. The molecule has 0 N–H and O–H groups in total. The zero-order valence-electron chi connectivity index (χ0n) is 42.6. The molecule has 0 amide bonds. The molecule has 0 saturated carbocycles. The van der Waals surface area contributed by atoms with E-state index in [4.69, 9.17) is 0 Å². The molecule has 2 nitrogen and oxygen atoms in total. The van der Waals surface area contributed by atoms with Crippen LogP contribution in [0.5, 0.6) is 0 Å². The third-order valence-corrected chi connectivity index (χ3v) is 16.3. The van der Waals surface area contributed by atoms with Crippen LogP contribution in [0.15, 0.2) is 103 Å². The van der Waals surface area contributed by atoms with Gasteiger partial charge in [0.1, 0.15) is 0 Å². The Bertz CT molecular complexity index is 2780. The first-order valence-electron chi connectivity index (χ1n) is 25.9. The van der Waals surface area contributed by atoms with Gasteiger partial charge in [-0.3, -0.25) is 0 Å². The van der Waals surface area contributed by atoms with Crippen molar-refractivity contribution in [3.63, 3.8) is 0 Å². The average Bonchev–Trinajstić information content (AvgIpc) is 3.60. The van der Waals surface area contributed by atoms with Crippen molar-refractivity contribution >= 4 is 57.2 Å². The minimum absolute atomic E-state index is 0.00712. The summed E-state index contributed by atoms with van der Waals surface area (Å²) in [6.45, 7) is 29.6. The number of para-hydroxylation sites is 1. The van der Waals surface area contributed by atoms with E-state index in [2.05, 4.69) is 196 Å². The van der Waals surface area contributed by atoms with Gasteiger partial charge in [0.05, 0.1) is 0 Å². The summed E-state index contributed by atoms with van der Waals surface area (Å²) in [5, 5.41) is 0. The predicted octanol–water partition coefficient (Wildman–Crippen LogP) is 15.7. The number of unbranched alkanes of at least 4 members (excludes halogenated alkanes) is 3. The Balaban J connectivity index is 1.38. The highest BCUT2D eigenvalue weighted by atomic mass is 15.2. The van der Waals surface area contributed by atoms with Crippen molar-refractivity contribution in [1.29, 1.82) is 0 Å². The molecule has 6 aromatic carbocycles. The van der Waals surface area contributed by atoms with Gasteiger partial charge in [0.15, 0.2) is 0 Å². The number of nitrogens with zero attached hydrogens (tertiary/aromatic N) is 2. The maximum Gasteiger partial charge on any atom is 0.252 e. The summed E-state index contributed by atoms with van der Waals surface area (Å²) in [4.78, 5) is 5.39. The van der Waals surface area contributed by atoms with Gasteiger partial charge in [-0.15, -0.1) is 0 Å². The zero-order valence-corrected chi connectivity index (χ0v) is 42.6.